The van der Waals surface area contributed by atoms with Gasteiger partial charge in [-0.25, -0.2) is 9.97 Å². The Hall–Kier alpha value is -1.13. The number of rotatable bonds is 5. The molecule has 1 aliphatic rings. The fourth-order valence-electron chi connectivity index (χ4n) is 2.23. The molecule has 20 heavy (non-hydrogen) atoms. The summed E-state index contributed by atoms with van der Waals surface area (Å²) in [6.45, 7) is 2.94. The Bertz CT molecular complexity index is 593. The van der Waals surface area contributed by atoms with Crippen molar-refractivity contribution in [2.75, 3.05) is 18.5 Å². The highest BCUT2D eigenvalue weighted by Crippen LogP contribution is 2.39. The molecule has 0 spiro atoms. The van der Waals surface area contributed by atoms with E-state index >= 15 is 0 Å². The van der Waals surface area contributed by atoms with Crippen molar-refractivity contribution >= 4 is 28.8 Å². The smallest absolute Gasteiger partial charge is 0.137 e. The highest BCUT2D eigenvalue weighted by molar-refractivity contribution is 7.09. The lowest BCUT2D eigenvalue weighted by Crippen LogP contribution is -2.23. The quantitative estimate of drug-likeness (QED) is 0.780. The second-order valence-electron chi connectivity index (χ2n) is 5.35. The molecule has 0 N–H and O–H groups in total. The molecule has 0 aromatic carbocycles. The van der Waals surface area contributed by atoms with Crippen LogP contribution in [0.5, 0.6) is 0 Å². The molecule has 2 aromatic rings. The van der Waals surface area contributed by atoms with E-state index in [1.54, 1.807) is 11.3 Å². The van der Waals surface area contributed by atoms with Crippen molar-refractivity contribution in [2.24, 2.45) is 0 Å². The molecule has 0 amide bonds. The SMILES string of the molecule is Cc1c(Cl)nc(C2CC2)nc1N(C)CCc1cccs1. The van der Waals surface area contributed by atoms with E-state index in [1.807, 2.05) is 6.92 Å². The summed E-state index contributed by atoms with van der Waals surface area (Å²) in [5, 5.41) is 2.72. The monoisotopic (exact) mass is 307 g/mol. The van der Waals surface area contributed by atoms with Crippen LogP contribution >= 0.6 is 22.9 Å². The summed E-state index contributed by atoms with van der Waals surface area (Å²) in [6, 6.07) is 4.27. The van der Waals surface area contributed by atoms with Crippen LogP contribution in [0.4, 0.5) is 5.82 Å². The Morgan fingerprint density at radius 3 is 2.85 bits per heavy atom. The molecule has 1 saturated carbocycles. The second kappa shape index (κ2) is 5.70. The Balaban J connectivity index is 1.77. The van der Waals surface area contributed by atoms with Gasteiger partial charge >= 0.3 is 0 Å². The van der Waals surface area contributed by atoms with E-state index in [-0.39, 0.29) is 0 Å². The predicted octanol–water partition coefficient (Wildman–Crippen LogP) is 4.06. The number of hydrogen-bond acceptors (Lipinski definition) is 4. The number of halogens is 1. The van der Waals surface area contributed by atoms with Gasteiger partial charge in [-0.1, -0.05) is 17.7 Å². The summed E-state index contributed by atoms with van der Waals surface area (Å²) in [4.78, 5) is 12.7. The Morgan fingerprint density at radius 1 is 1.40 bits per heavy atom. The molecule has 0 saturated heterocycles. The maximum absolute atomic E-state index is 6.26. The van der Waals surface area contributed by atoms with Gasteiger partial charge in [0.05, 0.1) is 0 Å². The molecule has 0 atom stereocenters. The minimum absolute atomic E-state index is 0.526. The van der Waals surface area contributed by atoms with Gasteiger partial charge in [-0.2, -0.15) is 0 Å². The molecule has 106 valence electrons. The van der Waals surface area contributed by atoms with E-state index in [1.165, 1.54) is 17.7 Å². The molecular weight excluding hydrogens is 290 g/mol. The number of thiophene rings is 1. The number of nitrogens with zero attached hydrogens (tertiary/aromatic N) is 3. The lowest BCUT2D eigenvalue weighted by Gasteiger charge is -2.21. The fraction of sp³-hybridized carbons (Fsp3) is 0.467. The van der Waals surface area contributed by atoms with Crippen molar-refractivity contribution < 1.29 is 0 Å². The molecule has 0 aliphatic heterocycles. The molecular formula is C15H18ClN3S. The first kappa shape index (κ1) is 13.8. The first-order valence-corrected chi connectivity index (χ1v) is 8.18. The van der Waals surface area contributed by atoms with Crippen LogP contribution in [0, 0.1) is 6.92 Å². The number of aromatic nitrogens is 2. The average molecular weight is 308 g/mol. The van der Waals surface area contributed by atoms with Gasteiger partial charge in [-0.05, 0) is 37.6 Å². The standard InChI is InChI=1S/C15H18ClN3S/c1-10-13(16)17-14(11-5-6-11)18-15(10)19(2)8-7-12-4-3-9-20-12/h3-4,9,11H,5-8H2,1-2H3. The van der Waals surface area contributed by atoms with Crippen molar-refractivity contribution in [1.29, 1.82) is 0 Å². The highest BCUT2D eigenvalue weighted by Gasteiger charge is 2.28. The first-order chi connectivity index (χ1) is 9.65. The third-order valence-electron chi connectivity index (χ3n) is 3.66. The van der Waals surface area contributed by atoms with Crippen molar-refractivity contribution in [2.45, 2.75) is 32.1 Å². The topological polar surface area (TPSA) is 29.0 Å². The molecule has 2 aromatic heterocycles. The summed E-state index contributed by atoms with van der Waals surface area (Å²) in [7, 11) is 2.08. The zero-order valence-electron chi connectivity index (χ0n) is 11.8. The van der Waals surface area contributed by atoms with Crippen molar-refractivity contribution in [3.63, 3.8) is 0 Å². The summed E-state index contributed by atoms with van der Waals surface area (Å²) >= 11 is 8.06. The third-order valence-corrected chi connectivity index (χ3v) is 4.96. The van der Waals surface area contributed by atoms with Crippen LogP contribution < -0.4 is 4.90 Å². The highest BCUT2D eigenvalue weighted by atomic mass is 35.5. The first-order valence-electron chi connectivity index (χ1n) is 6.92. The van der Waals surface area contributed by atoms with Crippen molar-refractivity contribution in [1.82, 2.24) is 9.97 Å². The van der Waals surface area contributed by atoms with Gasteiger partial charge in [0.15, 0.2) is 0 Å². The third kappa shape index (κ3) is 2.96. The molecule has 1 fully saturated rings. The minimum Gasteiger partial charge on any atom is -0.359 e. The van der Waals surface area contributed by atoms with E-state index in [4.69, 9.17) is 16.6 Å². The Morgan fingerprint density at radius 2 is 2.20 bits per heavy atom. The summed E-state index contributed by atoms with van der Waals surface area (Å²) in [5.41, 5.74) is 0.977. The van der Waals surface area contributed by atoms with Gasteiger partial charge in [0.1, 0.15) is 16.8 Å². The minimum atomic E-state index is 0.526. The van der Waals surface area contributed by atoms with Crippen molar-refractivity contribution in [3.8, 4) is 0 Å². The molecule has 3 rings (SSSR count). The van der Waals surface area contributed by atoms with Crippen LogP contribution in [0.15, 0.2) is 17.5 Å². The van der Waals surface area contributed by atoms with Gasteiger partial charge < -0.3 is 4.90 Å². The maximum Gasteiger partial charge on any atom is 0.137 e. The van der Waals surface area contributed by atoms with Crippen LogP contribution in [0.1, 0.15) is 35.0 Å². The lowest BCUT2D eigenvalue weighted by molar-refractivity contribution is 0.832. The molecule has 0 bridgehead atoms. The van der Waals surface area contributed by atoms with Gasteiger partial charge in [-0.3, -0.25) is 0 Å². The zero-order valence-corrected chi connectivity index (χ0v) is 13.3. The Labute approximate surface area is 128 Å². The molecule has 0 unspecified atom stereocenters. The van der Waals surface area contributed by atoms with Crippen LogP contribution in [0.3, 0.4) is 0 Å². The average Bonchev–Trinajstić information content (AvgIpc) is 3.16. The van der Waals surface area contributed by atoms with Crippen LogP contribution in [-0.2, 0) is 6.42 Å². The zero-order chi connectivity index (χ0) is 14.1. The van der Waals surface area contributed by atoms with Crippen molar-refractivity contribution in [3.05, 3.63) is 38.9 Å². The van der Waals surface area contributed by atoms with E-state index in [0.717, 1.165) is 30.2 Å². The van der Waals surface area contributed by atoms with Gasteiger partial charge in [-0.15, -0.1) is 11.3 Å². The molecule has 2 heterocycles. The lowest BCUT2D eigenvalue weighted by atomic mass is 10.2. The maximum atomic E-state index is 6.26. The van der Waals surface area contributed by atoms with Crippen LogP contribution in [0.25, 0.3) is 0 Å². The van der Waals surface area contributed by atoms with E-state index in [9.17, 15) is 0 Å². The van der Waals surface area contributed by atoms with Crippen LogP contribution in [-0.4, -0.2) is 23.6 Å². The Kier molecular flexibility index (Phi) is 3.94. The molecule has 0 radical (unpaired) electrons. The van der Waals surface area contributed by atoms with Gasteiger partial charge in [0.25, 0.3) is 0 Å². The van der Waals surface area contributed by atoms with E-state index in [2.05, 4.69) is 34.4 Å². The predicted molar refractivity (Wildman–Crippen MR) is 85.0 cm³/mol. The van der Waals surface area contributed by atoms with E-state index in [0.29, 0.717) is 11.1 Å². The largest absolute Gasteiger partial charge is 0.359 e. The fourth-order valence-corrected chi connectivity index (χ4v) is 3.10. The molecule has 1 aliphatic carbocycles. The van der Waals surface area contributed by atoms with Crippen LogP contribution in [0.2, 0.25) is 5.15 Å². The van der Waals surface area contributed by atoms with Gasteiger partial charge in [0, 0.05) is 30.0 Å². The number of hydrogen-bond donors (Lipinski definition) is 0. The number of anilines is 1. The number of likely N-dealkylation sites (N-methyl/N-ethyl adjacent to an activating group) is 1. The second-order valence-corrected chi connectivity index (χ2v) is 6.74. The van der Waals surface area contributed by atoms with E-state index < -0.39 is 0 Å². The molecule has 3 nitrogen and oxygen atoms in total. The summed E-state index contributed by atoms with van der Waals surface area (Å²) < 4.78 is 0. The summed E-state index contributed by atoms with van der Waals surface area (Å²) in [6.07, 6.45) is 3.42. The van der Waals surface area contributed by atoms with Gasteiger partial charge in [0.2, 0.25) is 0 Å². The summed E-state index contributed by atoms with van der Waals surface area (Å²) in [5.74, 6) is 2.42. The molecule has 5 heteroatoms. The normalized spacial score (nSPS) is 14.6.